The summed E-state index contributed by atoms with van der Waals surface area (Å²) in [5.74, 6) is 0. The van der Waals surface area contributed by atoms with Crippen molar-refractivity contribution in [1.82, 2.24) is 0 Å². The molecular formula is C35H21Br. The molecule has 0 aliphatic heterocycles. The molecule has 168 valence electrons. The van der Waals surface area contributed by atoms with Gasteiger partial charge in [-0.25, -0.2) is 0 Å². The molecule has 2 aliphatic rings. The topological polar surface area (TPSA) is 0 Å². The molecule has 0 unspecified atom stereocenters. The van der Waals surface area contributed by atoms with Crippen LogP contribution in [0.4, 0.5) is 0 Å². The molecule has 6 aromatic rings. The highest BCUT2D eigenvalue weighted by Crippen LogP contribution is 2.63. The van der Waals surface area contributed by atoms with Crippen molar-refractivity contribution in [2.75, 3.05) is 0 Å². The van der Waals surface area contributed by atoms with E-state index in [1.165, 1.54) is 66.4 Å². The van der Waals surface area contributed by atoms with Crippen LogP contribution in [0.1, 0.15) is 22.3 Å². The van der Waals surface area contributed by atoms with Crippen LogP contribution in [0.3, 0.4) is 0 Å². The first-order valence-electron chi connectivity index (χ1n) is 12.4. The second-order valence-electron chi connectivity index (χ2n) is 9.83. The molecule has 0 fully saturated rings. The molecule has 0 heterocycles. The van der Waals surface area contributed by atoms with Crippen LogP contribution in [0, 0.1) is 0 Å². The quantitative estimate of drug-likeness (QED) is 0.202. The summed E-state index contributed by atoms with van der Waals surface area (Å²) in [5.41, 5.74) is 13.0. The fraction of sp³-hybridized carbons (Fsp3) is 0.0286. The molecule has 0 saturated heterocycles. The Morgan fingerprint density at radius 3 is 1.44 bits per heavy atom. The maximum Gasteiger partial charge on any atom is 0.0725 e. The normalized spacial score (nSPS) is 13.9. The molecular weight excluding hydrogens is 500 g/mol. The lowest BCUT2D eigenvalue weighted by Crippen LogP contribution is -2.25. The van der Waals surface area contributed by atoms with Gasteiger partial charge < -0.3 is 0 Å². The maximum atomic E-state index is 3.89. The van der Waals surface area contributed by atoms with E-state index in [0.717, 1.165) is 4.47 Å². The monoisotopic (exact) mass is 520 g/mol. The fourth-order valence-electron chi connectivity index (χ4n) is 6.70. The standard InChI is InChI=1S/C35H21Br/c36-34-21-23-10-2-1-9-22(23)19-29(34)24-17-18-28-27-13-5-8-16-32(27)35(33(28)20-24)30-14-6-3-11-25(30)26-12-4-7-15-31(26)35/h1-21H. The maximum absolute atomic E-state index is 3.89. The van der Waals surface area contributed by atoms with Gasteiger partial charge in [0.2, 0.25) is 0 Å². The van der Waals surface area contributed by atoms with E-state index in [-0.39, 0.29) is 5.41 Å². The van der Waals surface area contributed by atoms with Crippen LogP contribution in [-0.2, 0) is 5.41 Å². The Morgan fingerprint density at radius 1 is 0.389 bits per heavy atom. The van der Waals surface area contributed by atoms with Gasteiger partial charge in [0, 0.05) is 4.47 Å². The molecule has 0 N–H and O–H groups in total. The van der Waals surface area contributed by atoms with E-state index in [0.29, 0.717) is 0 Å². The lowest BCUT2D eigenvalue weighted by Gasteiger charge is -2.30. The summed E-state index contributed by atoms with van der Waals surface area (Å²) in [6.07, 6.45) is 0. The minimum absolute atomic E-state index is 0.307. The van der Waals surface area contributed by atoms with Crippen molar-refractivity contribution in [3.63, 3.8) is 0 Å². The van der Waals surface area contributed by atoms with Gasteiger partial charge in [-0.15, -0.1) is 0 Å². The molecule has 0 amide bonds. The van der Waals surface area contributed by atoms with Gasteiger partial charge in [-0.1, -0.05) is 125 Å². The molecule has 1 spiro atoms. The van der Waals surface area contributed by atoms with Crippen molar-refractivity contribution in [1.29, 1.82) is 0 Å². The number of hydrogen-bond donors (Lipinski definition) is 0. The summed E-state index contributed by atoms with van der Waals surface area (Å²) >= 11 is 3.89. The third-order valence-electron chi connectivity index (χ3n) is 8.14. The summed E-state index contributed by atoms with van der Waals surface area (Å²) in [5, 5.41) is 2.50. The fourth-order valence-corrected chi connectivity index (χ4v) is 7.29. The molecule has 1 heteroatoms. The Morgan fingerprint density at radius 2 is 0.861 bits per heavy atom. The van der Waals surface area contributed by atoms with Crippen molar-refractivity contribution in [3.05, 3.63) is 154 Å². The summed E-state index contributed by atoms with van der Waals surface area (Å²) in [4.78, 5) is 0. The van der Waals surface area contributed by atoms with Gasteiger partial charge in [0.25, 0.3) is 0 Å². The van der Waals surface area contributed by atoms with Gasteiger partial charge in [0.1, 0.15) is 0 Å². The molecule has 6 aromatic carbocycles. The summed E-state index contributed by atoms with van der Waals surface area (Å²) in [6, 6.07) is 47.1. The van der Waals surface area contributed by atoms with Crippen LogP contribution in [-0.4, -0.2) is 0 Å². The van der Waals surface area contributed by atoms with E-state index in [9.17, 15) is 0 Å². The summed E-state index contributed by atoms with van der Waals surface area (Å²) < 4.78 is 1.12. The first-order valence-corrected chi connectivity index (χ1v) is 13.2. The third kappa shape index (κ3) is 2.49. The number of halogens is 1. The number of benzene rings is 6. The van der Waals surface area contributed by atoms with Gasteiger partial charge in [0.15, 0.2) is 0 Å². The van der Waals surface area contributed by atoms with Crippen molar-refractivity contribution in [2.24, 2.45) is 0 Å². The predicted molar refractivity (Wildman–Crippen MR) is 153 cm³/mol. The van der Waals surface area contributed by atoms with E-state index in [4.69, 9.17) is 0 Å². The minimum Gasteiger partial charge on any atom is -0.0619 e. The van der Waals surface area contributed by atoms with Crippen molar-refractivity contribution in [2.45, 2.75) is 5.41 Å². The van der Waals surface area contributed by atoms with Gasteiger partial charge >= 0.3 is 0 Å². The molecule has 0 saturated carbocycles. The second kappa shape index (κ2) is 7.29. The molecule has 0 nitrogen and oxygen atoms in total. The Balaban J connectivity index is 1.48. The van der Waals surface area contributed by atoms with Gasteiger partial charge in [0.05, 0.1) is 5.41 Å². The second-order valence-corrected chi connectivity index (χ2v) is 10.7. The summed E-state index contributed by atoms with van der Waals surface area (Å²) in [7, 11) is 0. The van der Waals surface area contributed by atoms with E-state index in [2.05, 4.69) is 143 Å². The predicted octanol–water partition coefficient (Wildman–Crippen LogP) is 9.61. The van der Waals surface area contributed by atoms with Gasteiger partial charge in [-0.3, -0.25) is 0 Å². The highest BCUT2D eigenvalue weighted by Gasteiger charge is 2.51. The first kappa shape index (κ1) is 20.3. The van der Waals surface area contributed by atoms with Gasteiger partial charge in [-0.2, -0.15) is 0 Å². The lowest BCUT2D eigenvalue weighted by molar-refractivity contribution is 0.794. The van der Waals surface area contributed by atoms with Gasteiger partial charge in [-0.05, 0) is 84.6 Å². The highest BCUT2D eigenvalue weighted by molar-refractivity contribution is 9.10. The molecule has 36 heavy (non-hydrogen) atoms. The van der Waals surface area contributed by atoms with E-state index >= 15 is 0 Å². The van der Waals surface area contributed by atoms with E-state index in [1.54, 1.807) is 0 Å². The Kier molecular flexibility index (Phi) is 4.10. The van der Waals surface area contributed by atoms with Crippen LogP contribution >= 0.6 is 15.9 Å². The van der Waals surface area contributed by atoms with Crippen molar-refractivity contribution < 1.29 is 0 Å². The van der Waals surface area contributed by atoms with Crippen LogP contribution in [0.5, 0.6) is 0 Å². The number of hydrogen-bond acceptors (Lipinski definition) is 0. The Bertz CT molecular complexity index is 1800. The molecule has 0 radical (unpaired) electrons. The SMILES string of the molecule is Brc1cc2ccccc2cc1-c1ccc2c(c1)C1(c3ccccc3-c3ccccc31)c1ccccc1-2. The van der Waals surface area contributed by atoms with Crippen LogP contribution in [0.2, 0.25) is 0 Å². The zero-order chi connectivity index (χ0) is 23.9. The largest absolute Gasteiger partial charge is 0.0725 e. The zero-order valence-corrected chi connectivity index (χ0v) is 21.1. The third-order valence-corrected chi connectivity index (χ3v) is 8.80. The lowest BCUT2D eigenvalue weighted by atomic mass is 9.70. The average Bonchev–Trinajstić information content (AvgIpc) is 3.40. The molecule has 0 bridgehead atoms. The minimum atomic E-state index is -0.307. The van der Waals surface area contributed by atoms with Crippen LogP contribution < -0.4 is 0 Å². The van der Waals surface area contributed by atoms with Crippen molar-refractivity contribution >= 4 is 26.7 Å². The van der Waals surface area contributed by atoms with E-state index in [1.807, 2.05) is 0 Å². The Hall–Kier alpha value is -3.94. The molecule has 0 atom stereocenters. The first-order chi connectivity index (χ1) is 17.8. The summed E-state index contributed by atoms with van der Waals surface area (Å²) in [6.45, 7) is 0. The molecule has 8 rings (SSSR count). The van der Waals surface area contributed by atoms with Crippen molar-refractivity contribution in [3.8, 4) is 33.4 Å². The van der Waals surface area contributed by atoms with Crippen LogP contribution in [0.15, 0.2) is 132 Å². The molecule has 0 aromatic heterocycles. The number of fused-ring (bicyclic) bond motifs is 11. The van der Waals surface area contributed by atoms with E-state index < -0.39 is 0 Å². The molecule has 2 aliphatic carbocycles. The Labute approximate surface area is 219 Å². The average molecular weight is 521 g/mol. The number of rotatable bonds is 1. The zero-order valence-electron chi connectivity index (χ0n) is 19.5. The highest BCUT2D eigenvalue weighted by atomic mass is 79.9. The van der Waals surface area contributed by atoms with Crippen LogP contribution in [0.25, 0.3) is 44.2 Å². The smallest absolute Gasteiger partial charge is 0.0619 e.